The van der Waals surface area contributed by atoms with Gasteiger partial charge in [0.1, 0.15) is 5.78 Å². The van der Waals surface area contributed by atoms with Crippen LogP contribution in [-0.2, 0) is 14.3 Å². The first-order valence-corrected chi connectivity index (χ1v) is 8.72. The van der Waals surface area contributed by atoms with Crippen LogP contribution in [0.1, 0.15) is 46.0 Å². The van der Waals surface area contributed by atoms with E-state index in [1.807, 2.05) is 13.0 Å². The molecule has 2 aliphatic carbocycles. The van der Waals surface area contributed by atoms with Crippen molar-refractivity contribution in [3.63, 3.8) is 0 Å². The third-order valence-electron chi connectivity index (χ3n) is 6.70. The Morgan fingerprint density at radius 1 is 1.38 bits per heavy atom. The van der Waals surface area contributed by atoms with Gasteiger partial charge in [0, 0.05) is 6.42 Å². The summed E-state index contributed by atoms with van der Waals surface area (Å²) >= 11 is 0. The molecule has 130 valence electrons. The molecule has 0 bridgehead atoms. The van der Waals surface area contributed by atoms with Gasteiger partial charge in [0.05, 0.1) is 23.9 Å². The maximum atomic E-state index is 12.5. The van der Waals surface area contributed by atoms with Crippen molar-refractivity contribution in [3.05, 3.63) is 36.1 Å². The van der Waals surface area contributed by atoms with Gasteiger partial charge in [-0.15, -0.1) is 0 Å². The van der Waals surface area contributed by atoms with Crippen molar-refractivity contribution in [3.8, 4) is 0 Å². The number of carbonyl (C=O) groups is 2. The van der Waals surface area contributed by atoms with Gasteiger partial charge in [-0.25, -0.2) is 4.79 Å². The van der Waals surface area contributed by atoms with E-state index in [-0.39, 0.29) is 35.6 Å². The first kappa shape index (κ1) is 17.2. The summed E-state index contributed by atoms with van der Waals surface area (Å²) in [5, 5.41) is 9.94. The molecule has 3 unspecified atom stereocenters. The predicted octanol–water partition coefficient (Wildman–Crippen LogP) is 3.32. The summed E-state index contributed by atoms with van der Waals surface area (Å²) in [7, 11) is 0. The number of esters is 1. The van der Waals surface area contributed by atoms with Gasteiger partial charge in [-0.05, 0) is 49.0 Å². The molecule has 2 saturated carbocycles. The number of aliphatic hydroxyl groups excluding tert-OH is 1. The monoisotopic (exact) mass is 330 g/mol. The molecule has 4 heteroatoms. The molecular formula is C20H26O4. The Morgan fingerprint density at radius 2 is 2.12 bits per heavy atom. The molecule has 0 saturated heterocycles. The number of hydrogen-bond acceptors (Lipinski definition) is 4. The highest BCUT2D eigenvalue weighted by atomic mass is 16.5. The SMILES string of the molecule is C=C1CCC2C(C)(CO)C(=O)CC[C@]2(C)C1C/C=C1\C=COC1=O. The second-order valence-electron chi connectivity index (χ2n) is 7.91. The van der Waals surface area contributed by atoms with E-state index in [2.05, 4.69) is 13.5 Å². The quantitative estimate of drug-likeness (QED) is 0.490. The van der Waals surface area contributed by atoms with Crippen molar-refractivity contribution < 1.29 is 19.4 Å². The number of hydrogen-bond donors (Lipinski definition) is 1. The van der Waals surface area contributed by atoms with Crippen LogP contribution in [0.5, 0.6) is 0 Å². The summed E-state index contributed by atoms with van der Waals surface area (Å²) in [5.41, 5.74) is 1.04. The highest BCUT2D eigenvalue weighted by molar-refractivity contribution is 5.94. The van der Waals surface area contributed by atoms with Crippen LogP contribution in [0.15, 0.2) is 36.1 Å². The van der Waals surface area contributed by atoms with Crippen LogP contribution in [0.25, 0.3) is 0 Å². The Morgan fingerprint density at radius 3 is 2.75 bits per heavy atom. The van der Waals surface area contributed by atoms with E-state index in [9.17, 15) is 14.7 Å². The number of rotatable bonds is 3. The molecule has 1 heterocycles. The molecule has 1 N–H and O–H groups in total. The number of Topliss-reactive ketones (excluding diaryl/α,β-unsaturated/α-hetero) is 1. The zero-order chi connectivity index (χ0) is 17.5. The van der Waals surface area contributed by atoms with Gasteiger partial charge >= 0.3 is 5.97 Å². The van der Waals surface area contributed by atoms with Crippen molar-refractivity contribution in [2.75, 3.05) is 6.61 Å². The Balaban J connectivity index is 1.91. The predicted molar refractivity (Wildman–Crippen MR) is 90.8 cm³/mol. The smallest absolute Gasteiger partial charge is 0.342 e. The lowest BCUT2D eigenvalue weighted by molar-refractivity contribution is -0.151. The first-order valence-electron chi connectivity index (χ1n) is 8.72. The fraction of sp³-hybridized carbons (Fsp3) is 0.600. The molecule has 4 atom stereocenters. The molecule has 0 radical (unpaired) electrons. The second-order valence-corrected chi connectivity index (χ2v) is 7.91. The number of fused-ring (bicyclic) bond motifs is 1. The number of ether oxygens (including phenoxy) is 1. The summed E-state index contributed by atoms with van der Waals surface area (Å²) in [6, 6.07) is 0. The average Bonchev–Trinajstić information content (AvgIpc) is 2.96. The molecule has 4 nitrogen and oxygen atoms in total. The molecular weight excluding hydrogens is 304 g/mol. The number of allylic oxidation sites excluding steroid dienone is 2. The highest BCUT2D eigenvalue weighted by Crippen LogP contribution is 2.60. The van der Waals surface area contributed by atoms with Crippen molar-refractivity contribution in [2.45, 2.75) is 46.0 Å². The minimum atomic E-state index is -0.661. The van der Waals surface area contributed by atoms with Crippen LogP contribution in [0.2, 0.25) is 0 Å². The molecule has 3 rings (SSSR count). The van der Waals surface area contributed by atoms with Gasteiger partial charge in [-0.1, -0.05) is 32.1 Å². The fourth-order valence-corrected chi connectivity index (χ4v) is 5.14. The van der Waals surface area contributed by atoms with Gasteiger partial charge in [0.2, 0.25) is 0 Å². The largest absolute Gasteiger partial charge is 0.431 e. The van der Waals surface area contributed by atoms with E-state index in [0.717, 1.165) is 25.7 Å². The van der Waals surface area contributed by atoms with Crippen molar-refractivity contribution in [1.82, 2.24) is 0 Å². The summed E-state index contributed by atoms with van der Waals surface area (Å²) in [6.45, 7) is 8.33. The molecule has 0 aromatic heterocycles. The van der Waals surface area contributed by atoms with Gasteiger partial charge in [0.25, 0.3) is 0 Å². The Kier molecular flexibility index (Phi) is 4.28. The molecule has 0 spiro atoms. The normalized spacial score (nSPS) is 40.8. The highest BCUT2D eigenvalue weighted by Gasteiger charge is 2.57. The van der Waals surface area contributed by atoms with Crippen molar-refractivity contribution >= 4 is 11.8 Å². The topological polar surface area (TPSA) is 63.6 Å². The van der Waals surface area contributed by atoms with Gasteiger partial charge < -0.3 is 9.84 Å². The third kappa shape index (κ3) is 2.48. The lowest BCUT2D eigenvalue weighted by atomic mass is 9.46. The van der Waals surface area contributed by atoms with E-state index in [4.69, 9.17) is 4.74 Å². The van der Waals surface area contributed by atoms with E-state index < -0.39 is 5.41 Å². The summed E-state index contributed by atoms with van der Waals surface area (Å²) in [4.78, 5) is 24.1. The van der Waals surface area contributed by atoms with Gasteiger partial charge in [0.15, 0.2) is 0 Å². The molecule has 0 amide bonds. The Bertz CT molecular complexity index is 644. The lowest BCUT2D eigenvalue weighted by Gasteiger charge is -2.57. The number of cyclic esters (lactones) is 1. The van der Waals surface area contributed by atoms with Crippen LogP contribution < -0.4 is 0 Å². The molecule has 0 aromatic rings. The fourth-order valence-electron chi connectivity index (χ4n) is 5.14. The van der Waals surface area contributed by atoms with E-state index in [1.165, 1.54) is 11.8 Å². The zero-order valence-corrected chi connectivity index (χ0v) is 14.5. The Labute approximate surface area is 143 Å². The third-order valence-corrected chi connectivity index (χ3v) is 6.70. The van der Waals surface area contributed by atoms with Gasteiger partial charge in [-0.3, -0.25) is 4.79 Å². The number of ketones is 1. The van der Waals surface area contributed by atoms with Crippen LogP contribution >= 0.6 is 0 Å². The molecule has 0 aromatic carbocycles. The minimum absolute atomic E-state index is 0.0794. The van der Waals surface area contributed by atoms with Crippen molar-refractivity contribution in [1.29, 1.82) is 0 Å². The van der Waals surface area contributed by atoms with Crippen LogP contribution in [0.4, 0.5) is 0 Å². The van der Waals surface area contributed by atoms with Crippen LogP contribution in [0.3, 0.4) is 0 Å². The number of carbonyl (C=O) groups excluding carboxylic acids is 2. The van der Waals surface area contributed by atoms with E-state index >= 15 is 0 Å². The maximum absolute atomic E-state index is 12.5. The summed E-state index contributed by atoms with van der Waals surface area (Å²) < 4.78 is 4.84. The maximum Gasteiger partial charge on any atom is 0.342 e. The molecule has 24 heavy (non-hydrogen) atoms. The molecule has 3 aliphatic rings. The average molecular weight is 330 g/mol. The molecule has 2 fully saturated rings. The van der Waals surface area contributed by atoms with Crippen LogP contribution in [0, 0.1) is 22.7 Å². The summed E-state index contributed by atoms with van der Waals surface area (Å²) in [6.07, 6.45) is 8.85. The standard InChI is InChI=1S/C20H26O4/c1-13-4-7-16-19(2,10-8-17(22)20(16,3)12-21)15(13)6-5-14-9-11-24-18(14)23/h5,9,11,15-16,21H,1,4,6-8,10,12H2,2-3H3/b14-5+/t15?,16?,19-,20?/m1/s1. The zero-order valence-electron chi connectivity index (χ0n) is 14.5. The number of aliphatic hydroxyl groups is 1. The molecule has 1 aliphatic heterocycles. The van der Waals surface area contributed by atoms with Crippen molar-refractivity contribution in [2.24, 2.45) is 22.7 Å². The minimum Gasteiger partial charge on any atom is -0.431 e. The lowest BCUT2D eigenvalue weighted by Crippen LogP contribution is -2.55. The Hall–Kier alpha value is -1.68. The second kappa shape index (κ2) is 5.99. The first-order chi connectivity index (χ1) is 11.3. The van der Waals surface area contributed by atoms with Crippen LogP contribution in [-0.4, -0.2) is 23.5 Å². The summed E-state index contributed by atoms with van der Waals surface area (Å²) in [5.74, 6) is 0.234. The van der Waals surface area contributed by atoms with Gasteiger partial charge in [-0.2, -0.15) is 0 Å². The van der Waals surface area contributed by atoms with E-state index in [0.29, 0.717) is 12.0 Å². The van der Waals surface area contributed by atoms with E-state index in [1.54, 1.807) is 6.08 Å².